The van der Waals surface area contributed by atoms with Crippen LogP contribution in [0.15, 0.2) is 47.5 Å². The van der Waals surface area contributed by atoms with Gasteiger partial charge in [0.1, 0.15) is 10.8 Å². The Balaban J connectivity index is 1.39. The second kappa shape index (κ2) is 13.7. The van der Waals surface area contributed by atoms with E-state index in [1.165, 1.54) is 6.20 Å². The number of likely N-dealkylation sites (tertiary alicyclic amines) is 1. The number of halogens is 1. The predicted octanol–water partition coefficient (Wildman–Crippen LogP) is 5.74. The lowest BCUT2D eigenvalue weighted by Crippen LogP contribution is -2.49. The van der Waals surface area contributed by atoms with Gasteiger partial charge >= 0.3 is 6.03 Å². The summed E-state index contributed by atoms with van der Waals surface area (Å²) in [5, 5.41) is 8.66. The lowest BCUT2D eigenvalue weighted by Gasteiger charge is -2.36. The summed E-state index contributed by atoms with van der Waals surface area (Å²) >= 11 is 6.44. The first-order valence-electron chi connectivity index (χ1n) is 15.5. The third kappa shape index (κ3) is 7.00. The van der Waals surface area contributed by atoms with Gasteiger partial charge < -0.3 is 30.5 Å². The van der Waals surface area contributed by atoms with Crippen molar-refractivity contribution in [3.05, 3.63) is 58.7 Å². The minimum Gasteiger partial charge on any atom is -0.489 e. The third-order valence-corrected chi connectivity index (χ3v) is 10.5. The number of aromatic nitrogens is 2. The number of anilines is 4. The molecular formula is C32H40ClN7O5S. The van der Waals surface area contributed by atoms with Gasteiger partial charge in [0.15, 0.2) is 15.7 Å². The molecule has 0 aliphatic carbocycles. The van der Waals surface area contributed by atoms with E-state index in [1.807, 2.05) is 31.7 Å². The molecule has 0 atom stereocenters. The summed E-state index contributed by atoms with van der Waals surface area (Å²) in [5.41, 5.74) is 2.26. The molecule has 1 fully saturated rings. The third-order valence-electron chi connectivity index (χ3n) is 7.98. The Kier molecular flexibility index (Phi) is 9.92. The molecule has 0 unspecified atom stereocenters. The number of amides is 3. The van der Waals surface area contributed by atoms with E-state index in [9.17, 15) is 18.0 Å². The van der Waals surface area contributed by atoms with E-state index < -0.39 is 15.1 Å². The Bertz CT molecular complexity index is 1730. The van der Waals surface area contributed by atoms with Crippen LogP contribution in [0, 0.1) is 0 Å². The van der Waals surface area contributed by atoms with Crippen LogP contribution in [-0.2, 0) is 16.4 Å². The molecule has 46 heavy (non-hydrogen) atoms. The van der Waals surface area contributed by atoms with E-state index in [0.717, 1.165) is 5.56 Å². The van der Waals surface area contributed by atoms with Crippen molar-refractivity contribution in [1.29, 1.82) is 0 Å². The van der Waals surface area contributed by atoms with Gasteiger partial charge in [0.2, 0.25) is 5.95 Å². The van der Waals surface area contributed by atoms with Gasteiger partial charge in [0.25, 0.3) is 5.91 Å². The first kappa shape index (κ1) is 33.3. The Morgan fingerprint density at radius 2 is 1.80 bits per heavy atom. The Morgan fingerprint density at radius 3 is 2.48 bits per heavy atom. The lowest BCUT2D eigenvalue weighted by atomic mass is 10.0. The maximum atomic E-state index is 13.7. The molecule has 3 N–H and O–H groups in total. The zero-order valence-electron chi connectivity index (χ0n) is 26.6. The number of nitrogens with one attached hydrogen (secondary N) is 3. The van der Waals surface area contributed by atoms with Crippen LogP contribution in [0.4, 0.5) is 27.9 Å². The quantitative estimate of drug-likeness (QED) is 0.246. The highest BCUT2D eigenvalue weighted by Crippen LogP contribution is 2.38. The summed E-state index contributed by atoms with van der Waals surface area (Å²) in [5.74, 6) is 0.841. The highest BCUT2D eigenvalue weighted by atomic mass is 35.5. The SMILES string of the molecule is CCNC(=O)N1CCC(N2Cc3cc(OC(C)C)c(Nc4ncc(Cl)c(Nc5ccccc5S(=O)(=O)C(C)C)n4)cc3C2=O)CC1. The second-order valence-corrected chi connectivity index (χ2v) is 14.8. The number of ether oxygens (including phenoxy) is 1. The van der Waals surface area contributed by atoms with Crippen molar-refractivity contribution in [3.8, 4) is 5.75 Å². The standard InChI is InChI=1S/C32H40ClN7O5S/c1-6-34-32(42)39-13-11-22(12-14-39)40-18-21-15-27(45-19(2)3)26(16-23(21)30(40)41)37-31-35-17-24(33)29(38-31)36-25-9-7-8-10-28(25)46(43,44)20(4)5/h7-10,15-17,19-20,22H,6,11-14,18H2,1-5H3,(H,34,42)(H2,35,36,37,38). The Morgan fingerprint density at radius 1 is 1.09 bits per heavy atom. The van der Waals surface area contributed by atoms with Crippen LogP contribution in [0.1, 0.15) is 63.4 Å². The predicted molar refractivity (Wildman–Crippen MR) is 178 cm³/mol. The van der Waals surface area contributed by atoms with Crippen LogP contribution in [0.2, 0.25) is 5.02 Å². The number of benzene rings is 2. The van der Waals surface area contributed by atoms with Gasteiger partial charge in [0, 0.05) is 37.8 Å². The summed E-state index contributed by atoms with van der Waals surface area (Å²) in [6.07, 6.45) is 2.67. The molecule has 246 valence electrons. The molecule has 3 aromatic rings. The minimum absolute atomic E-state index is 0.0204. The van der Waals surface area contributed by atoms with E-state index in [0.29, 0.717) is 61.7 Å². The van der Waals surface area contributed by atoms with Gasteiger partial charge in [-0.25, -0.2) is 18.2 Å². The number of rotatable bonds is 10. The summed E-state index contributed by atoms with van der Waals surface area (Å²) in [7, 11) is -3.59. The van der Waals surface area contributed by atoms with Crippen LogP contribution in [0.3, 0.4) is 0 Å². The molecule has 2 aromatic carbocycles. The second-order valence-electron chi connectivity index (χ2n) is 11.9. The molecule has 3 amide bonds. The van der Waals surface area contributed by atoms with Crippen LogP contribution < -0.4 is 20.7 Å². The van der Waals surface area contributed by atoms with Gasteiger partial charge in [-0.3, -0.25) is 4.79 Å². The van der Waals surface area contributed by atoms with Gasteiger partial charge in [-0.2, -0.15) is 4.98 Å². The summed E-state index contributed by atoms with van der Waals surface area (Å²) in [6.45, 7) is 11.2. The fraction of sp³-hybridized carbons (Fsp3) is 0.438. The van der Waals surface area contributed by atoms with Crippen molar-refractivity contribution in [2.24, 2.45) is 0 Å². The van der Waals surface area contributed by atoms with Gasteiger partial charge in [-0.05, 0) is 77.3 Å². The largest absolute Gasteiger partial charge is 0.489 e. The molecule has 1 saturated heterocycles. The fourth-order valence-electron chi connectivity index (χ4n) is 5.58. The summed E-state index contributed by atoms with van der Waals surface area (Å²) in [6, 6.07) is 10.2. The van der Waals surface area contributed by atoms with E-state index >= 15 is 0 Å². The molecule has 5 rings (SSSR count). The maximum Gasteiger partial charge on any atom is 0.317 e. The minimum atomic E-state index is -3.59. The van der Waals surface area contributed by atoms with Crippen molar-refractivity contribution >= 4 is 56.5 Å². The summed E-state index contributed by atoms with van der Waals surface area (Å²) < 4.78 is 32.1. The Hall–Kier alpha value is -4.10. The summed E-state index contributed by atoms with van der Waals surface area (Å²) in [4.78, 5) is 38.6. The lowest BCUT2D eigenvalue weighted by molar-refractivity contribution is 0.0622. The van der Waals surface area contributed by atoms with Gasteiger partial charge in [0.05, 0.1) is 33.8 Å². The molecular weight excluding hydrogens is 630 g/mol. The molecule has 1 aromatic heterocycles. The van der Waals surface area contributed by atoms with E-state index in [2.05, 4.69) is 25.9 Å². The monoisotopic (exact) mass is 669 g/mol. The number of carbonyl (C=O) groups is 2. The van der Waals surface area contributed by atoms with Crippen LogP contribution in [0.25, 0.3) is 0 Å². The highest BCUT2D eigenvalue weighted by molar-refractivity contribution is 7.92. The molecule has 2 aliphatic rings. The van der Waals surface area contributed by atoms with Crippen molar-refractivity contribution in [2.75, 3.05) is 30.3 Å². The number of nitrogens with zero attached hydrogens (tertiary/aromatic N) is 4. The first-order valence-corrected chi connectivity index (χ1v) is 17.4. The topological polar surface area (TPSA) is 146 Å². The number of fused-ring (bicyclic) bond motifs is 1. The van der Waals surface area contributed by atoms with Crippen LogP contribution in [-0.4, -0.2) is 77.2 Å². The normalized spacial score (nSPS) is 15.3. The molecule has 12 nitrogen and oxygen atoms in total. The molecule has 0 saturated carbocycles. The van der Waals surface area contributed by atoms with Crippen molar-refractivity contribution < 1.29 is 22.7 Å². The van der Waals surface area contributed by atoms with Crippen molar-refractivity contribution in [3.63, 3.8) is 0 Å². The van der Waals surface area contributed by atoms with E-state index in [-0.39, 0.29) is 45.8 Å². The molecule has 0 radical (unpaired) electrons. The fourth-order valence-corrected chi connectivity index (χ4v) is 6.92. The van der Waals surface area contributed by atoms with Gasteiger partial charge in [-0.1, -0.05) is 23.7 Å². The average molecular weight is 670 g/mol. The smallest absolute Gasteiger partial charge is 0.317 e. The number of urea groups is 1. The van der Waals surface area contributed by atoms with Gasteiger partial charge in [-0.15, -0.1) is 0 Å². The molecule has 2 aliphatic heterocycles. The molecule has 3 heterocycles. The zero-order valence-corrected chi connectivity index (χ0v) is 28.2. The number of sulfone groups is 1. The number of hydrogen-bond donors (Lipinski definition) is 3. The molecule has 0 bridgehead atoms. The number of piperidine rings is 1. The molecule has 0 spiro atoms. The van der Waals surface area contributed by atoms with E-state index in [1.54, 1.807) is 49.1 Å². The zero-order chi connectivity index (χ0) is 33.2. The number of carbonyl (C=O) groups excluding carboxylic acids is 2. The average Bonchev–Trinajstić information content (AvgIpc) is 3.33. The number of hydrogen-bond acceptors (Lipinski definition) is 9. The van der Waals surface area contributed by atoms with Crippen LogP contribution in [0.5, 0.6) is 5.75 Å². The maximum absolute atomic E-state index is 13.7. The Labute approximate surface area is 274 Å². The molecule has 14 heteroatoms. The van der Waals surface area contributed by atoms with Crippen molar-refractivity contribution in [1.82, 2.24) is 25.1 Å². The first-order chi connectivity index (χ1) is 21.9. The van der Waals surface area contributed by atoms with Crippen molar-refractivity contribution in [2.45, 2.75) is 76.3 Å². The van der Waals surface area contributed by atoms with E-state index in [4.69, 9.17) is 16.3 Å². The van der Waals surface area contributed by atoms with Crippen LogP contribution >= 0.6 is 11.6 Å². The highest BCUT2D eigenvalue weighted by Gasteiger charge is 2.36. The number of para-hydroxylation sites is 1.